The average molecular weight is 1610 g/mol. The third kappa shape index (κ3) is 44.0. The highest BCUT2D eigenvalue weighted by atomic mass is 16.5. The Morgan fingerprint density at radius 2 is 0.791 bits per heavy atom. The highest BCUT2D eigenvalue weighted by Gasteiger charge is 2.31. The van der Waals surface area contributed by atoms with E-state index in [9.17, 15) is 52.7 Å². The lowest BCUT2D eigenvalue weighted by atomic mass is 10.1. The van der Waals surface area contributed by atoms with Crippen LogP contribution in [0.5, 0.6) is 0 Å². The molecule has 2 aromatic carbocycles. The highest BCUT2D eigenvalue weighted by molar-refractivity contribution is 5.82. The maximum absolute atomic E-state index is 12.3. The Balaban J connectivity index is 0.000000344. The number of esters is 1. The summed E-state index contributed by atoms with van der Waals surface area (Å²) < 4.78 is 5.23. The van der Waals surface area contributed by atoms with Gasteiger partial charge >= 0.3 is 5.97 Å². The van der Waals surface area contributed by atoms with E-state index in [-0.39, 0.29) is 137 Å². The fourth-order valence-corrected chi connectivity index (χ4v) is 12.9. The molecule has 115 heavy (non-hydrogen) atoms. The number of rotatable bonds is 23. The maximum atomic E-state index is 12.3. The number of amides is 10. The summed E-state index contributed by atoms with van der Waals surface area (Å²) in [5, 5.41) is 20.6. The number of piperidine rings is 1. The number of aryl methyl sites for hydroxylation is 1. The third-order valence-electron chi connectivity index (χ3n) is 20.6. The van der Waals surface area contributed by atoms with Crippen molar-refractivity contribution in [3.05, 3.63) is 96.1 Å². The summed E-state index contributed by atoms with van der Waals surface area (Å²) >= 11 is 0. The number of nitrogens with one attached hydrogen (secondary N) is 7. The second kappa shape index (κ2) is 56.0. The second-order valence-corrected chi connectivity index (χ2v) is 33.9. The van der Waals surface area contributed by atoms with Gasteiger partial charge in [0.05, 0.1) is 30.9 Å². The molecule has 646 valence electrons. The van der Waals surface area contributed by atoms with Crippen LogP contribution in [0.4, 0.5) is 0 Å². The molecule has 26 heteroatoms. The minimum absolute atomic E-state index is 0.00664. The molecular formula is C89H148N14O12. The van der Waals surface area contributed by atoms with Crippen molar-refractivity contribution in [3.8, 4) is 0 Å². The number of carbonyl (C=O) groups is 11. The van der Waals surface area contributed by atoms with Gasteiger partial charge in [-0.3, -0.25) is 67.6 Å². The summed E-state index contributed by atoms with van der Waals surface area (Å²) in [6.45, 7) is 41.9. The van der Waals surface area contributed by atoms with Gasteiger partial charge in [-0.15, -0.1) is 0 Å². The standard InChI is InChI=1S/C17H24N2O2.C15H27N3O2.C11H15NO.C10H18N2O2.C9H13N3O.C9H18N2O.C9H17NO.C9H16O2/c1-13(2)17(21)18-15-10-11-19(12-15)16(20)9-8-14-6-4-3-5-7-14;1-12(2)15(20)16-13-6-9-18(10-13)14(19)11-17-7-4-3-5-8-17;1-9(2)11(13)12-8-10-6-4-3-5-7-10;1-7(2)10(14)11-9-4-5-12(6-9)8(3)13;1-7(2)9(13)12-6-8-5-10-3-4-11-8;1-7(2)9(12)10-8-4-5-11(3)6-8;1-7(2)9(11)10-8-5-3-4-6-8;1-7(2)9(10)11-8-5-3-4-6-8/h3-7,13,15H,8-12H2,1-2H3,(H,18,21);12-13H,3-11H2,1-2H3,(H,16,20);3-7,9H,8H2,1-2H3,(H,12,13);7,9H,4-6H2,1-3H3,(H,11,14);3-5,7H,6H2,1-2H3,(H,12,13);7-8H,4-6H2,1-3H3,(H,10,12);7-8H,3-6H2,1-2H3,(H,10,11);7-8H,3-6H2,1-2H3/t15-;13-;;9-;;8-;;/m11.1.1../s1. The topological polar surface area (TPSA) is 323 Å². The molecule has 6 heterocycles. The number of ether oxygens (including phenoxy) is 1. The smallest absolute Gasteiger partial charge is 0.308 e. The van der Waals surface area contributed by atoms with E-state index in [0.29, 0.717) is 57.8 Å². The highest BCUT2D eigenvalue weighted by Crippen LogP contribution is 2.23. The van der Waals surface area contributed by atoms with Crippen LogP contribution in [0.1, 0.15) is 237 Å². The Kier molecular flexibility index (Phi) is 49.1. The van der Waals surface area contributed by atoms with Crippen LogP contribution < -0.4 is 37.2 Å². The van der Waals surface area contributed by atoms with E-state index < -0.39 is 0 Å². The number of benzene rings is 2. The van der Waals surface area contributed by atoms with Crippen molar-refractivity contribution in [2.24, 2.45) is 47.3 Å². The number of carbonyl (C=O) groups excluding carboxylic acids is 11. The van der Waals surface area contributed by atoms with Crippen molar-refractivity contribution in [2.75, 3.05) is 79.0 Å². The number of nitrogens with zero attached hydrogens (tertiary/aromatic N) is 7. The molecule has 2 saturated carbocycles. The molecule has 7 aliphatic rings. The molecule has 5 aliphatic heterocycles. The summed E-state index contributed by atoms with van der Waals surface area (Å²) in [6.07, 6.45) is 23.3. The largest absolute Gasteiger partial charge is 0.462 e. The number of likely N-dealkylation sites (N-methyl/N-ethyl adjacent to an activating group) is 1. The van der Waals surface area contributed by atoms with Gasteiger partial charge in [0.25, 0.3) is 0 Å². The van der Waals surface area contributed by atoms with E-state index in [1.54, 1.807) is 30.4 Å². The number of hydrogen-bond donors (Lipinski definition) is 7. The van der Waals surface area contributed by atoms with Gasteiger partial charge in [0.2, 0.25) is 59.1 Å². The lowest BCUT2D eigenvalue weighted by molar-refractivity contribution is -0.152. The fourth-order valence-electron chi connectivity index (χ4n) is 12.9. The van der Waals surface area contributed by atoms with Crippen LogP contribution in [0.15, 0.2) is 79.3 Å². The molecule has 7 N–H and O–H groups in total. The first-order chi connectivity index (χ1) is 54.5. The predicted octanol–water partition coefficient (Wildman–Crippen LogP) is 10.2. The molecule has 0 spiro atoms. The Labute approximate surface area is 689 Å². The molecule has 1 aromatic heterocycles. The first-order valence-electron chi connectivity index (χ1n) is 42.8. The van der Waals surface area contributed by atoms with Gasteiger partial charge < -0.3 is 61.6 Å². The summed E-state index contributed by atoms with van der Waals surface area (Å²) in [7, 11) is 2.08. The monoisotopic (exact) mass is 1610 g/mol. The molecule has 26 nitrogen and oxygen atoms in total. The van der Waals surface area contributed by atoms with Crippen LogP contribution in [0.25, 0.3) is 0 Å². The molecule has 10 amide bonds. The molecule has 0 bridgehead atoms. The minimum atomic E-state index is -0.0445. The van der Waals surface area contributed by atoms with E-state index in [0.717, 1.165) is 102 Å². The van der Waals surface area contributed by atoms with Gasteiger partial charge in [-0.25, -0.2) is 0 Å². The van der Waals surface area contributed by atoms with Crippen LogP contribution in [0.2, 0.25) is 0 Å². The molecule has 7 fully saturated rings. The van der Waals surface area contributed by atoms with Crippen molar-refractivity contribution in [1.29, 1.82) is 0 Å². The van der Waals surface area contributed by atoms with Crippen LogP contribution in [0.3, 0.4) is 0 Å². The third-order valence-corrected chi connectivity index (χ3v) is 20.6. The van der Waals surface area contributed by atoms with Crippen LogP contribution in [0, 0.1) is 47.3 Å². The first kappa shape index (κ1) is 101. The lowest BCUT2D eigenvalue weighted by Gasteiger charge is -2.28. The second-order valence-electron chi connectivity index (χ2n) is 33.9. The zero-order chi connectivity index (χ0) is 85.5. The molecule has 0 unspecified atom stereocenters. The van der Waals surface area contributed by atoms with E-state index in [2.05, 4.69) is 64.0 Å². The summed E-state index contributed by atoms with van der Waals surface area (Å²) in [5.74, 6) is 1.53. The Bertz CT molecular complexity index is 3230. The Morgan fingerprint density at radius 3 is 1.19 bits per heavy atom. The number of likely N-dealkylation sites (tertiary alicyclic amines) is 5. The molecule has 3 aromatic rings. The quantitative estimate of drug-likeness (QED) is 0.0434. The normalized spacial score (nSPS) is 18.6. The van der Waals surface area contributed by atoms with Crippen molar-refractivity contribution >= 4 is 65.0 Å². The van der Waals surface area contributed by atoms with Crippen molar-refractivity contribution < 1.29 is 57.5 Å². The van der Waals surface area contributed by atoms with E-state index >= 15 is 0 Å². The van der Waals surface area contributed by atoms with Gasteiger partial charge in [-0.2, -0.15) is 0 Å². The van der Waals surface area contributed by atoms with Crippen LogP contribution in [-0.4, -0.2) is 215 Å². The van der Waals surface area contributed by atoms with E-state index in [1.807, 2.05) is 181 Å². The summed E-state index contributed by atoms with van der Waals surface area (Å²) in [6, 6.07) is 21.2. The molecule has 2 aliphatic carbocycles. The van der Waals surface area contributed by atoms with Crippen molar-refractivity contribution in [1.82, 2.24) is 71.7 Å². The minimum Gasteiger partial charge on any atom is -0.462 e. The van der Waals surface area contributed by atoms with Crippen molar-refractivity contribution in [2.45, 2.75) is 276 Å². The van der Waals surface area contributed by atoms with Gasteiger partial charge in [-0.05, 0) is 121 Å². The number of aromatic nitrogens is 2. The van der Waals surface area contributed by atoms with E-state index in [4.69, 9.17) is 4.74 Å². The van der Waals surface area contributed by atoms with Gasteiger partial charge in [0.1, 0.15) is 6.10 Å². The van der Waals surface area contributed by atoms with E-state index in [1.165, 1.54) is 63.4 Å². The first-order valence-corrected chi connectivity index (χ1v) is 42.8. The van der Waals surface area contributed by atoms with Crippen LogP contribution in [-0.2, 0) is 77.0 Å². The average Bonchev–Trinajstić information content (AvgIpc) is 1.74. The molecule has 5 saturated heterocycles. The Hall–Kier alpha value is -8.39. The van der Waals surface area contributed by atoms with Gasteiger partial charge in [0.15, 0.2) is 0 Å². The van der Waals surface area contributed by atoms with Crippen molar-refractivity contribution in [3.63, 3.8) is 0 Å². The van der Waals surface area contributed by atoms with Gasteiger partial charge in [0, 0.05) is 150 Å². The maximum Gasteiger partial charge on any atom is 0.308 e. The Morgan fingerprint density at radius 1 is 0.400 bits per heavy atom. The predicted molar refractivity (Wildman–Crippen MR) is 454 cm³/mol. The molecular weight excluding hydrogens is 1460 g/mol. The SMILES string of the molecule is CC(=O)N1CC[C@@H](NC(=O)C(C)C)C1.CC(C)C(=O)NC1CCCC1.CC(C)C(=O)NCc1ccccc1.CC(C)C(=O)NCc1cnccn1.CC(C)C(=O)N[C@@H]1CCN(C(=O)CCc2ccccc2)C1.CC(C)C(=O)N[C@@H]1CCN(C(=O)CN2CCCCC2)C1.CC(C)C(=O)N[C@@H]1CCN(C)C1.CC(C)C(=O)OC1CCCC1. The van der Waals surface area contributed by atoms with Crippen LogP contribution >= 0.6 is 0 Å². The molecule has 0 radical (unpaired) electrons. The zero-order valence-corrected chi connectivity index (χ0v) is 73.3. The lowest BCUT2D eigenvalue weighted by Crippen LogP contribution is -2.43. The summed E-state index contributed by atoms with van der Waals surface area (Å²) in [4.78, 5) is 144. The fraction of sp³-hybridized carbons (Fsp3) is 0.697. The molecule has 4 atom stereocenters. The zero-order valence-electron chi connectivity index (χ0n) is 73.3. The summed E-state index contributed by atoms with van der Waals surface area (Å²) in [5.41, 5.74) is 3.10. The molecule has 10 rings (SSSR count). The number of hydrogen-bond acceptors (Lipinski definition) is 16. The van der Waals surface area contributed by atoms with Gasteiger partial charge in [-0.1, -0.05) is 191 Å².